The maximum Gasteiger partial charge on any atom is 0.302 e. The summed E-state index contributed by atoms with van der Waals surface area (Å²) in [5.41, 5.74) is 3.19. The number of hydrogen-bond acceptors (Lipinski definition) is 6. The number of nitrogens with one attached hydrogen (secondary N) is 1. The Labute approximate surface area is 199 Å². The van der Waals surface area contributed by atoms with E-state index in [1.807, 2.05) is 19.9 Å². The highest BCUT2D eigenvalue weighted by atomic mass is 16.6. The fraction of sp³-hybridized carbons (Fsp3) is 0.667. The van der Waals surface area contributed by atoms with Gasteiger partial charge in [-0.25, -0.2) is 0 Å². The second kappa shape index (κ2) is 13.1. The van der Waals surface area contributed by atoms with Crippen molar-refractivity contribution in [2.24, 2.45) is 5.41 Å². The molecular formula is C27H43NO5. The number of anilines is 1. The van der Waals surface area contributed by atoms with Gasteiger partial charge in [0, 0.05) is 36.6 Å². The van der Waals surface area contributed by atoms with Crippen molar-refractivity contribution in [3.63, 3.8) is 0 Å². The van der Waals surface area contributed by atoms with Crippen LogP contribution in [0.5, 0.6) is 0 Å². The second-order valence-corrected chi connectivity index (χ2v) is 10.1. The van der Waals surface area contributed by atoms with Gasteiger partial charge in [0.25, 0.3) is 0 Å². The number of esters is 1. The van der Waals surface area contributed by atoms with Crippen molar-refractivity contribution in [1.82, 2.24) is 0 Å². The van der Waals surface area contributed by atoms with Crippen molar-refractivity contribution in [2.75, 3.05) is 18.5 Å². The van der Waals surface area contributed by atoms with Crippen LogP contribution in [0.25, 0.3) is 0 Å². The molecule has 0 aromatic heterocycles. The largest absolute Gasteiger partial charge is 0.462 e. The number of benzene rings is 1. The van der Waals surface area contributed by atoms with E-state index in [0.29, 0.717) is 12.3 Å². The van der Waals surface area contributed by atoms with Crippen LogP contribution >= 0.6 is 0 Å². The molecule has 3 unspecified atom stereocenters. The molecular weight excluding hydrogens is 418 g/mol. The van der Waals surface area contributed by atoms with Crippen molar-refractivity contribution in [3.8, 4) is 0 Å². The maximum absolute atomic E-state index is 11.1. The Hall–Kier alpha value is -1.89. The molecule has 1 fully saturated rings. The molecule has 33 heavy (non-hydrogen) atoms. The molecule has 2 rings (SSSR count). The molecule has 3 atom stereocenters. The van der Waals surface area contributed by atoms with Gasteiger partial charge in [-0.1, -0.05) is 51.8 Å². The van der Waals surface area contributed by atoms with Crippen LogP contribution in [0.15, 0.2) is 30.5 Å². The summed E-state index contributed by atoms with van der Waals surface area (Å²) in [6.07, 6.45) is 7.71. The highest BCUT2D eigenvalue weighted by molar-refractivity contribution is 5.66. The lowest BCUT2D eigenvalue weighted by molar-refractivity contribution is -0.153. The highest BCUT2D eigenvalue weighted by Crippen LogP contribution is 2.27. The van der Waals surface area contributed by atoms with Gasteiger partial charge in [0.1, 0.15) is 12.2 Å². The molecule has 1 heterocycles. The minimum absolute atomic E-state index is 0.0172. The van der Waals surface area contributed by atoms with E-state index in [1.54, 1.807) is 0 Å². The Balaban J connectivity index is 1.68. The minimum Gasteiger partial charge on any atom is -0.462 e. The molecule has 0 amide bonds. The fourth-order valence-corrected chi connectivity index (χ4v) is 4.26. The SMILES string of the molecule is C=C(Nc1ccc(CCCCCCC2CC(OC(C)=O)CCO2)cc1C)C(O)C(C)(C)CO. The Morgan fingerprint density at radius 3 is 2.70 bits per heavy atom. The molecule has 0 spiro atoms. The molecule has 1 aliphatic rings. The number of aryl methyl sites for hydroxylation is 2. The predicted molar refractivity (Wildman–Crippen MR) is 132 cm³/mol. The number of ether oxygens (including phenoxy) is 2. The van der Waals surface area contributed by atoms with Crippen molar-refractivity contribution < 1.29 is 24.5 Å². The van der Waals surface area contributed by atoms with Gasteiger partial charge in [-0.2, -0.15) is 0 Å². The third-order valence-electron chi connectivity index (χ3n) is 6.46. The molecule has 186 valence electrons. The van der Waals surface area contributed by atoms with E-state index >= 15 is 0 Å². The summed E-state index contributed by atoms with van der Waals surface area (Å²) in [5, 5.41) is 23.1. The molecule has 3 N–H and O–H groups in total. The Morgan fingerprint density at radius 1 is 1.30 bits per heavy atom. The lowest BCUT2D eigenvalue weighted by atomic mass is 9.86. The molecule has 1 aromatic carbocycles. The average molecular weight is 462 g/mol. The van der Waals surface area contributed by atoms with Gasteiger partial charge in [-0.05, 0) is 43.4 Å². The zero-order chi connectivity index (χ0) is 24.4. The van der Waals surface area contributed by atoms with E-state index in [9.17, 15) is 15.0 Å². The summed E-state index contributed by atoms with van der Waals surface area (Å²) < 4.78 is 11.2. The van der Waals surface area contributed by atoms with Gasteiger partial charge in [-0.15, -0.1) is 0 Å². The number of aliphatic hydroxyl groups excluding tert-OH is 2. The number of hydrogen-bond donors (Lipinski definition) is 3. The van der Waals surface area contributed by atoms with Gasteiger partial charge >= 0.3 is 5.97 Å². The average Bonchev–Trinajstić information content (AvgIpc) is 2.77. The number of carbonyl (C=O) groups is 1. The molecule has 6 nitrogen and oxygen atoms in total. The first kappa shape index (κ1) is 27.4. The van der Waals surface area contributed by atoms with Gasteiger partial charge in [0.15, 0.2) is 0 Å². The van der Waals surface area contributed by atoms with Gasteiger partial charge < -0.3 is 25.0 Å². The molecule has 0 radical (unpaired) electrons. The van der Waals surface area contributed by atoms with Gasteiger partial charge in [-0.3, -0.25) is 4.79 Å². The highest BCUT2D eigenvalue weighted by Gasteiger charge is 2.29. The molecule has 1 aliphatic heterocycles. The van der Waals surface area contributed by atoms with Crippen LogP contribution in [0.4, 0.5) is 5.69 Å². The molecule has 0 bridgehead atoms. The Morgan fingerprint density at radius 2 is 2.03 bits per heavy atom. The third-order valence-corrected chi connectivity index (χ3v) is 6.46. The van der Waals surface area contributed by atoms with Crippen LogP contribution < -0.4 is 5.32 Å². The third kappa shape index (κ3) is 9.11. The normalized spacial score (nSPS) is 19.7. The quantitative estimate of drug-likeness (QED) is 0.286. The van der Waals surface area contributed by atoms with E-state index in [4.69, 9.17) is 9.47 Å². The van der Waals surface area contributed by atoms with Gasteiger partial charge in [0.05, 0.1) is 19.3 Å². The number of rotatable bonds is 13. The topological polar surface area (TPSA) is 88.0 Å². The van der Waals surface area contributed by atoms with Crippen LogP contribution in [0.2, 0.25) is 0 Å². The van der Waals surface area contributed by atoms with Crippen molar-refractivity contribution in [3.05, 3.63) is 41.6 Å². The number of carbonyl (C=O) groups excluding carboxylic acids is 1. The van der Waals surface area contributed by atoms with Crippen LogP contribution in [-0.4, -0.2) is 47.7 Å². The number of unbranched alkanes of at least 4 members (excludes halogenated alkanes) is 3. The van der Waals surface area contributed by atoms with Crippen molar-refractivity contribution in [1.29, 1.82) is 0 Å². The van der Waals surface area contributed by atoms with Crippen molar-refractivity contribution in [2.45, 2.75) is 97.4 Å². The maximum atomic E-state index is 11.1. The first-order valence-corrected chi connectivity index (χ1v) is 12.3. The van der Waals surface area contributed by atoms with Crippen LogP contribution in [-0.2, 0) is 20.7 Å². The van der Waals surface area contributed by atoms with E-state index in [2.05, 4.69) is 31.0 Å². The summed E-state index contributed by atoms with van der Waals surface area (Å²) in [4.78, 5) is 11.1. The lowest BCUT2D eigenvalue weighted by Crippen LogP contribution is -2.36. The van der Waals surface area contributed by atoms with E-state index in [1.165, 1.54) is 25.3 Å². The first-order chi connectivity index (χ1) is 15.6. The molecule has 1 saturated heterocycles. The van der Waals surface area contributed by atoms with Crippen LogP contribution in [0, 0.1) is 12.3 Å². The summed E-state index contributed by atoms with van der Waals surface area (Å²) in [7, 11) is 0. The molecule has 0 saturated carbocycles. The lowest BCUT2D eigenvalue weighted by Gasteiger charge is -2.30. The van der Waals surface area contributed by atoms with Gasteiger partial charge in [0.2, 0.25) is 0 Å². The predicted octanol–water partition coefficient (Wildman–Crippen LogP) is 4.90. The Kier molecular flexibility index (Phi) is 10.9. The molecule has 0 aliphatic carbocycles. The monoisotopic (exact) mass is 461 g/mol. The summed E-state index contributed by atoms with van der Waals surface area (Å²) in [6.45, 7) is 11.7. The fourth-order valence-electron chi connectivity index (χ4n) is 4.26. The van der Waals surface area contributed by atoms with Crippen LogP contribution in [0.3, 0.4) is 0 Å². The standard InChI is InChI=1S/C27H43NO5/c1-19-16-22(12-13-25(19)28-20(2)26(31)27(4,5)18-29)10-8-6-7-9-11-23-17-24(14-15-32-23)33-21(3)30/h12-13,16,23-24,26,28-29,31H,2,6-11,14-15,17-18H2,1,3-5H3. The minimum atomic E-state index is -0.840. The number of aliphatic hydroxyl groups is 2. The molecule has 6 heteroatoms. The summed E-state index contributed by atoms with van der Waals surface area (Å²) in [5.74, 6) is -0.201. The smallest absolute Gasteiger partial charge is 0.302 e. The van der Waals surface area contributed by atoms with Crippen molar-refractivity contribution >= 4 is 11.7 Å². The summed E-state index contributed by atoms with van der Waals surface area (Å²) >= 11 is 0. The summed E-state index contributed by atoms with van der Waals surface area (Å²) in [6, 6.07) is 6.34. The van der Waals surface area contributed by atoms with E-state index in [0.717, 1.165) is 49.8 Å². The first-order valence-electron chi connectivity index (χ1n) is 12.3. The van der Waals surface area contributed by atoms with Crippen LogP contribution in [0.1, 0.15) is 76.8 Å². The zero-order valence-electron chi connectivity index (χ0n) is 20.9. The Bertz CT molecular complexity index is 776. The molecule has 1 aromatic rings. The van der Waals surface area contributed by atoms with E-state index in [-0.39, 0.29) is 24.8 Å². The second-order valence-electron chi connectivity index (χ2n) is 10.1. The zero-order valence-corrected chi connectivity index (χ0v) is 20.9. The van der Waals surface area contributed by atoms with E-state index < -0.39 is 11.5 Å².